The summed E-state index contributed by atoms with van der Waals surface area (Å²) in [5.74, 6) is -0.160. The predicted octanol–water partition coefficient (Wildman–Crippen LogP) is -0.0880. The van der Waals surface area contributed by atoms with Gasteiger partial charge in [-0.15, -0.1) is 0 Å². The molecule has 0 N–H and O–H groups in total. The van der Waals surface area contributed by atoms with Crippen LogP contribution >= 0.6 is 0 Å². The zero-order valence-electron chi connectivity index (χ0n) is 6.77. The second kappa shape index (κ2) is 3.17. The van der Waals surface area contributed by atoms with Crippen molar-refractivity contribution < 1.29 is 9.53 Å². The summed E-state index contributed by atoms with van der Waals surface area (Å²) in [7, 11) is 1.40. The van der Waals surface area contributed by atoms with E-state index in [2.05, 4.69) is 4.98 Å². The van der Waals surface area contributed by atoms with E-state index in [1.807, 2.05) is 0 Å². The Hall–Kier alpha value is -1.65. The van der Waals surface area contributed by atoms with Crippen LogP contribution < -0.4 is 10.4 Å². The largest absolute Gasteiger partial charge is 0.481 e. The van der Waals surface area contributed by atoms with Crippen molar-refractivity contribution in [3.05, 3.63) is 22.7 Å². The fraction of sp³-hybridized carbons (Fsp3) is 0.286. The number of ether oxygens (including phenoxy) is 1. The first kappa shape index (κ1) is 8.45. The van der Waals surface area contributed by atoms with Gasteiger partial charge < -0.3 is 4.74 Å². The molecule has 0 aromatic carbocycles. The normalized spacial score (nSPS) is 9.50. The smallest absolute Gasteiger partial charge is 0.357 e. The SMILES string of the molecule is COc1ccn(C(C)=O)c(=O)n1. The van der Waals surface area contributed by atoms with Crippen molar-refractivity contribution in [2.24, 2.45) is 0 Å². The lowest BCUT2D eigenvalue weighted by atomic mass is 10.6. The van der Waals surface area contributed by atoms with Crippen molar-refractivity contribution in [3.63, 3.8) is 0 Å². The molecule has 0 saturated heterocycles. The van der Waals surface area contributed by atoms with Gasteiger partial charge in [0.25, 0.3) is 0 Å². The summed E-state index contributed by atoms with van der Waals surface area (Å²) in [4.78, 5) is 25.2. The fourth-order valence-corrected chi connectivity index (χ4v) is 0.741. The summed E-state index contributed by atoms with van der Waals surface area (Å²) in [6, 6.07) is 1.45. The van der Waals surface area contributed by atoms with E-state index < -0.39 is 5.69 Å². The van der Waals surface area contributed by atoms with Crippen molar-refractivity contribution in [1.29, 1.82) is 0 Å². The molecule has 12 heavy (non-hydrogen) atoms. The van der Waals surface area contributed by atoms with Gasteiger partial charge >= 0.3 is 5.69 Å². The molecule has 5 heteroatoms. The molecule has 0 aliphatic rings. The van der Waals surface area contributed by atoms with Crippen LogP contribution in [0.2, 0.25) is 0 Å². The topological polar surface area (TPSA) is 61.2 Å². The van der Waals surface area contributed by atoms with Crippen molar-refractivity contribution in [2.45, 2.75) is 6.92 Å². The highest BCUT2D eigenvalue weighted by molar-refractivity contribution is 5.75. The summed E-state index contributed by atoms with van der Waals surface area (Å²) < 4.78 is 5.60. The van der Waals surface area contributed by atoms with Crippen LogP contribution in [0.5, 0.6) is 5.88 Å². The van der Waals surface area contributed by atoms with E-state index >= 15 is 0 Å². The number of hydrogen-bond acceptors (Lipinski definition) is 4. The van der Waals surface area contributed by atoms with E-state index in [1.54, 1.807) is 0 Å². The molecule has 0 saturated carbocycles. The van der Waals surface area contributed by atoms with Crippen LogP contribution in [-0.4, -0.2) is 22.6 Å². The zero-order chi connectivity index (χ0) is 9.14. The quantitative estimate of drug-likeness (QED) is 0.588. The van der Waals surface area contributed by atoms with Gasteiger partial charge in [0, 0.05) is 19.2 Å². The molecule has 0 atom stereocenters. The van der Waals surface area contributed by atoms with Crippen molar-refractivity contribution in [1.82, 2.24) is 9.55 Å². The average Bonchev–Trinajstić information content (AvgIpc) is 2.03. The highest BCUT2D eigenvalue weighted by atomic mass is 16.5. The van der Waals surface area contributed by atoms with Gasteiger partial charge in [-0.3, -0.25) is 4.79 Å². The summed E-state index contributed by atoms with van der Waals surface area (Å²) in [5, 5.41) is 0. The molecule has 5 nitrogen and oxygen atoms in total. The van der Waals surface area contributed by atoms with Crippen molar-refractivity contribution in [2.75, 3.05) is 7.11 Å². The number of methoxy groups -OCH3 is 1. The summed E-state index contributed by atoms with van der Waals surface area (Å²) in [6.45, 7) is 1.29. The molecule has 0 spiro atoms. The Morgan fingerprint density at radius 3 is 2.75 bits per heavy atom. The molecule has 0 unspecified atom stereocenters. The highest BCUT2D eigenvalue weighted by Crippen LogP contribution is 1.98. The lowest BCUT2D eigenvalue weighted by Gasteiger charge is -1.99. The minimum atomic E-state index is -0.623. The maximum absolute atomic E-state index is 11.0. The molecule has 1 aromatic rings. The van der Waals surface area contributed by atoms with Crippen LogP contribution in [-0.2, 0) is 0 Å². The molecule has 0 aliphatic heterocycles. The Balaban J connectivity index is 3.21. The van der Waals surface area contributed by atoms with Gasteiger partial charge in [-0.1, -0.05) is 0 Å². The second-order valence-electron chi connectivity index (χ2n) is 2.14. The van der Waals surface area contributed by atoms with Gasteiger partial charge in [-0.05, 0) is 0 Å². The van der Waals surface area contributed by atoms with E-state index in [0.717, 1.165) is 4.57 Å². The highest BCUT2D eigenvalue weighted by Gasteiger charge is 2.02. The van der Waals surface area contributed by atoms with E-state index in [9.17, 15) is 9.59 Å². The van der Waals surface area contributed by atoms with Gasteiger partial charge in [-0.2, -0.15) is 4.98 Å². The molecule has 0 aliphatic carbocycles. The van der Waals surface area contributed by atoms with Gasteiger partial charge in [0.05, 0.1) is 7.11 Å². The van der Waals surface area contributed by atoms with Crippen LogP contribution in [0.15, 0.2) is 17.1 Å². The van der Waals surface area contributed by atoms with E-state index in [4.69, 9.17) is 4.74 Å². The third-order valence-corrected chi connectivity index (χ3v) is 1.33. The maximum Gasteiger partial charge on any atom is 0.357 e. The minimum Gasteiger partial charge on any atom is -0.481 e. The number of carbonyl (C=O) groups excluding carboxylic acids is 1. The lowest BCUT2D eigenvalue weighted by Crippen LogP contribution is -2.26. The first-order chi connectivity index (χ1) is 5.65. The Bertz CT molecular complexity index is 356. The van der Waals surface area contributed by atoms with Crippen molar-refractivity contribution in [3.8, 4) is 5.88 Å². The average molecular weight is 168 g/mol. The number of aromatic nitrogens is 2. The van der Waals surface area contributed by atoms with Gasteiger partial charge in [0.1, 0.15) is 0 Å². The van der Waals surface area contributed by atoms with Crippen LogP contribution in [0.25, 0.3) is 0 Å². The Morgan fingerprint density at radius 1 is 1.67 bits per heavy atom. The molecule has 0 bridgehead atoms. The maximum atomic E-state index is 11.0. The Morgan fingerprint density at radius 2 is 2.33 bits per heavy atom. The number of rotatable bonds is 1. The molecule has 0 amide bonds. The van der Waals surface area contributed by atoms with Crippen molar-refractivity contribution >= 4 is 5.91 Å². The minimum absolute atomic E-state index is 0.206. The molecular weight excluding hydrogens is 160 g/mol. The van der Waals surface area contributed by atoms with Gasteiger partial charge in [0.15, 0.2) is 0 Å². The lowest BCUT2D eigenvalue weighted by molar-refractivity contribution is 0.0930. The van der Waals surface area contributed by atoms with Crippen LogP contribution in [0.1, 0.15) is 11.7 Å². The van der Waals surface area contributed by atoms with Gasteiger partial charge in [-0.25, -0.2) is 9.36 Å². The van der Waals surface area contributed by atoms with Crippen LogP contribution in [0.4, 0.5) is 0 Å². The van der Waals surface area contributed by atoms with Crippen LogP contribution in [0, 0.1) is 0 Å². The third kappa shape index (κ3) is 1.50. The summed E-state index contributed by atoms with van der Waals surface area (Å²) >= 11 is 0. The van der Waals surface area contributed by atoms with E-state index in [-0.39, 0.29) is 11.8 Å². The standard InChI is InChI=1S/C7H8N2O3/c1-5(10)9-4-3-6(12-2)8-7(9)11/h3-4H,1-2H3. The Labute approximate surface area is 68.6 Å². The molecule has 0 radical (unpaired) electrons. The number of hydrogen-bond donors (Lipinski definition) is 0. The molecule has 0 fully saturated rings. The summed E-state index contributed by atoms with van der Waals surface area (Å²) in [6.07, 6.45) is 1.33. The first-order valence-electron chi connectivity index (χ1n) is 3.30. The van der Waals surface area contributed by atoms with Crippen LogP contribution in [0.3, 0.4) is 0 Å². The van der Waals surface area contributed by atoms with E-state index in [0.29, 0.717) is 0 Å². The predicted molar refractivity (Wildman–Crippen MR) is 41.3 cm³/mol. The molecule has 1 rings (SSSR count). The molecule has 1 heterocycles. The Kier molecular flexibility index (Phi) is 2.23. The van der Waals surface area contributed by atoms with E-state index in [1.165, 1.54) is 26.3 Å². The molecule has 64 valence electrons. The first-order valence-corrected chi connectivity index (χ1v) is 3.30. The van der Waals surface area contributed by atoms with Gasteiger partial charge in [0.2, 0.25) is 11.8 Å². The number of carbonyl (C=O) groups is 1. The zero-order valence-corrected chi connectivity index (χ0v) is 6.77. The number of nitrogens with zero attached hydrogens (tertiary/aromatic N) is 2. The third-order valence-electron chi connectivity index (χ3n) is 1.33. The molecule has 1 aromatic heterocycles. The molecular formula is C7H8N2O3. The monoisotopic (exact) mass is 168 g/mol. The second-order valence-corrected chi connectivity index (χ2v) is 2.14. The summed E-state index contributed by atoms with van der Waals surface area (Å²) in [5.41, 5.74) is -0.623. The fourth-order valence-electron chi connectivity index (χ4n) is 0.741.